The molecule has 0 fully saturated rings. The molecule has 3 heteroatoms. The Kier molecular flexibility index (Phi) is 2.15. The first-order chi connectivity index (χ1) is 8.20. The van der Waals surface area contributed by atoms with Gasteiger partial charge in [-0.25, -0.2) is 9.37 Å². The summed E-state index contributed by atoms with van der Waals surface area (Å²) >= 11 is 0. The number of aromatic nitrogens is 2. The van der Waals surface area contributed by atoms with Gasteiger partial charge in [0.25, 0.3) is 0 Å². The second kappa shape index (κ2) is 3.55. The smallest absolute Gasteiger partial charge is 0.123 e. The Morgan fingerprint density at radius 3 is 2.82 bits per heavy atom. The van der Waals surface area contributed by atoms with E-state index in [1.54, 1.807) is 6.07 Å². The van der Waals surface area contributed by atoms with Gasteiger partial charge in [0.15, 0.2) is 0 Å². The lowest BCUT2D eigenvalue weighted by Gasteiger charge is -2.03. The van der Waals surface area contributed by atoms with E-state index in [4.69, 9.17) is 0 Å². The highest BCUT2D eigenvalue weighted by Gasteiger charge is 2.09. The Morgan fingerprint density at radius 1 is 1.24 bits per heavy atom. The van der Waals surface area contributed by atoms with Gasteiger partial charge < -0.3 is 4.57 Å². The molecule has 0 aliphatic carbocycles. The van der Waals surface area contributed by atoms with Crippen LogP contribution in [0.4, 0.5) is 4.39 Å². The van der Waals surface area contributed by atoms with E-state index in [0.29, 0.717) is 0 Å². The summed E-state index contributed by atoms with van der Waals surface area (Å²) in [7, 11) is 2.01. The Balaban J connectivity index is 2.50. The van der Waals surface area contributed by atoms with Crippen LogP contribution >= 0.6 is 0 Å². The molecule has 0 N–H and O–H groups in total. The SMILES string of the molecule is CCc1nc2ccc3cc(F)ccc3c2n1C. The lowest BCUT2D eigenvalue weighted by Crippen LogP contribution is -1.95. The number of rotatable bonds is 1. The molecule has 17 heavy (non-hydrogen) atoms. The standard InChI is InChI=1S/C14H13FN2/c1-3-13-16-12-7-4-9-8-10(15)5-6-11(9)14(12)17(13)2/h4-8H,3H2,1-2H3. The van der Waals surface area contributed by atoms with Crippen molar-refractivity contribution in [3.63, 3.8) is 0 Å². The predicted octanol–water partition coefficient (Wildman–Crippen LogP) is 3.43. The fraction of sp³-hybridized carbons (Fsp3) is 0.214. The van der Waals surface area contributed by atoms with Gasteiger partial charge in [0, 0.05) is 18.9 Å². The van der Waals surface area contributed by atoms with Crippen LogP contribution in [0.25, 0.3) is 21.8 Å². The molecule has 0 saturated carbocycles. The van der Waals surface area contributed by atoms with Gasteiger partial charge in [0.1, 0.15) is 11.6 Å². The summed E-state index contributed by atoms with van der Waals surface area (Å²) in [5.41, 5.74) is 2.06. The number of aryl methyl sites for hydroxylation is 2. The van der Waals surface area contributed by atoms with E-state index >= 15 is 0 Å². The largest absolute Gasteiger partial charge is 0.331 e. The van der Waals surface area contributed by atoms with Crippen molar-refractivity contribution in [3.8, 4) is 0 Å². The molecule has 0 radical (unpaired) electrons. The van der Waals surface area contributed by atoms with Crippen LogP contribution in [0.3, 0.4) is 0 Å². The maximum absolute atomic E-state index is 13.2. The van der Waals surface area contributed by atoms with Crippen LogP contribution in [0.1, 0.15) is 12.7 Å². The predicted molar refractivity (Wildman–Crippen MR) is 67.6 cm³/mol. The number of hydrogen-bond acceptors (Lipinski definition) is 1. The summed E-state index contributed by atoms with van der Waals surface area (Å²) in [4.78, 5) is 4.57. The quantitative estimate of drug-likeness (QED) is 0.624. The maximum Gasteiger partial charge on any atom is 0.123 e. The summed E-state index contributed by atoms with van der Waals surface area (Å²) in [6.07, 6.45) is 0.897. The molecular formula is C14H13FN2. The summed E-state index contributed by atoms with van der Waals surface area (Å²) in [6.45, 7) is 2.09. The summed E-state index contributed by atoms with van der Waals surface area (Å²) in [5.74, 6) is 0.853. The van der Waals surface area contributed by atoms with Crippen LogP contribution in [0, 0.1) is 5.82 Å². The Labute approximate surface area is 98.7 Å². The maximum atomic E-state index is 13.2. The number of halogens is 1. The summed E-state index contributed by atoms with van der Waals surface area (Å²) in [5, 5.41) is 1.97. The van der Waals surface area contributed by atoms with E-state index in [0.717, 1.165) is 34.1 Å². The van der Waals surface area contributed by atoms with Gasteiger partial charge in [0.05, 0.1) is 11.0 Å². The van der Waals surface area contributed by atoms with Crippen molar-refractivity contribution >= 4 is 21.8 Å². The summed E-state index contributed by atoms with van der Waals surface area (Å²) in [6, 6.07) is 8.77. The normalized spacial score (nSPS) is 11.5. The third-order valence-electron chi connectivity index (χ3n) is 3.22. The Bertz CT molecular complexity index is 713. The van der Waals surface area contributed by atoms with Gasteiger partial charge in [0.2, 0.25) is 0 Å². The van der Waals surface area contributed by atoms with Crippen molar-refractivity contribution in [2.45, 2.75) is 13.3 Å². The van der Waals surface area contributed by atoms with E-state index in [1.165, 1.54) is 6.07 Å². The highest BCUT2D eigenvalue weighted by molar-refractivity contribution is 6.04. The van der Waals surface area contributed by atoms with E-state index in [9.17, 15) is 4.39 Å². The van der Waals surface area contributed by atoms with Crippen molar-refractivity contribution in [1.82, 2.24) is 9.55 Å². The van der Waals surface area contributed by atoms with Crippen LogP contribution in [0.15, 0.2) is 30.3 Å². The van der Waals surface area contributed by atoms with E-state index in [-0.39, 0.29) is 5.82 Å². The fourth-order valence-electron chi connectivity index (χ4n) is 2.37. The Hall–Kier alpha value is -1.90. The fourth-order valence-corrected chi connectivity index (χ4v) is 2.37. The molecule has 86 valence electrons. The van der Waals surface area contributed by atoms with Crippen LogP contribution in [0.5, 0.6) is 0 Å². The molecule has 1 aromatic heterocycles. The van der Waals surface area contributed by atoms with Crippen LogP contribution < -0.4 is 0 Å². The van der Waals surface area contributed by atoms with Crippen molar-refractivity contribution in [1.29, 1.82) is 0 Å². The molecule has 1 heterocycles. The molecule has 0 aliphatic heterocycles. The molecule has 2 nitrogen and oxygen atoms in total. The average Bonchev–Trinajstić information content (AvgIpc) is 2.66. The molecule has 0 unspecified atom stereocenters. The molecular weight excluding hydrogens is 215 g/mol. The molecule has 0 atom stereocenters. The lowest BCUT2D eigenvalue weighted by atomic mass is 10.1. The third kappa shape index (κ3) is 1.42. The minimum absolute atomic E-state index is 0.199. The molecule has 3 rings (SSSR count). The molecule has 0 spiro atoms. The zero-order valence-electron chi connectivity index (χ0n) is 9.87. The Morgan fingerprint density at radius 2 is 2.06 bits per heavy atom. The highest BCUT2D eigenvalue weighted by atomic mass is 19.1. The van der Waals surface area contributed by atoms with Gasteiger partial charge in [-0.15, -0.1) is 0 Å². The lowest BCUT2D eigenvalue weighted by molar-refractivity contribution is 0.630. The van der Waals surface area contributed by atoms with Crippen molar-refractivity contribution in [2.75, 3.05) is 0 Å². The average molecular weight is 228 g/mol. The van der Waals surface area contributed by atoms with Gasteiger partial charge in [-0.2, -0.15) is 0 Å². The third-order valence-corrected chi connectivity index (χ3v) is 3.22. The minimum Gasteiger partial charge on any atom is -0.331 e. The zero-order chi connectivity index (χ0) is 12.0. The van der Waals surface area contributed by atoms with Gasteiger partial charge >= 0.3 is 0 Å². The van der Waals surface area contributed by atoms with Gasteiger partial charge in [-0.1, -0.05) is 13.0 Å². The molecule has 0 bridgehead atoms. The van der Waals surface area contributed by atoms with Crippen LogP contribution in [0.2, 0.25) is 0 Å². The first kappa shape index (κ1) is 10.3. The topological polar surface area (TPSA) is 17.8 Å². The van der Waals surface area contributed by atoms with Crippen molar-refractivity contribution in [2.24, 2.45) is 7.05 Å². The van der Waals surface area contributed by atoms with Gasteiger partial charge in [-0.05, 0) is 29.7 Å². The monoisotopic (exact) mass is 228 g/mol. The second-order valence-corrected chi connectivity index (χ2v) is 4.24. The number of imidazole rings is 1. The summed E-state index contributed by atoms with van der Waals surface area (Å²) < 4.78 is 15.3. The first-order valence-corrected chi connectivity index (χ1v) is 5.74. The molecule has 0 amide bonds. The van der Waals surface area contributed by atoms with E-state index in [1.807, 2.05) is 25.2 Å². The number of benzene rings is 2. The number of fused-ring (bicyclic) bond motifs is 3. The van der Waals surface area contributed by atoms with Gasteiger partial charge in [-0.3, -0.25) is 0 Å². The molecule has 0 aliphatic rings. The van der Waals surface area contributed by atoms with Crippen LogP contribution in [-0.2, 0) is 13.5 Å². The number of hydrogen-bond donors (Lipinski definition) is 0. The van der Waals surface area contributed by atoms with E-state index in [2.05, 4.69) is 16.5 Å². The second-order valence-electron chi connectivity index (χ2n) is 4.24. The number of nitrogens with zero attached hydrogens (tertiary/aromatic N) is 2. The molecule has 3 aromatic rings. The molecule has 2 aromatic carbocycles. The minimum atomic E-state index is -0.199. The molecule has 0 saturated heterocycles. The zero-order valence-corrected chi connectivity index (χ0v) is 9.87. The van der Waals surface area contributed by atoms with Crippen molar-refractivity contribution < 1.29 is 4.39 Å². The van der Waals surface area contributed by atoms with E-state index < -0.39 is 0 Å². The van der Waals surface area contributed by atoms with Crippen LogP contribution in [-0.4, -0.2) is 9.55 Å². The highest BCUT2D eigenvalue weighted by Crippen LogP contribution is 2.26. The van der Waals surface area contributed by atoms with Crippen molar-refractivity contribution in [3.05, 3.63) is 42.0 Å². The first-order valence-electron chi connectivity index (χ1n) is 5.74.